The molecule has 2 aromatic rings. The van der Waals surface area contributed by atoms with Gasteiger partial charge in [0, 0.05) is 24.6 Å². The van der Waals surface area contributed by atoms with E-state index in [1.165, 1.54) is 6.07 Å². The molecule has 0 unspecified atom stereocenters. The number of anilines is 1. The Bertz CT molecular complexity index is 600. The Labute approximate surface area is 117 Å². The van der Waals surface area contributed by atoms with Crippen LogP contribution in [0.3, 0.4) is 0 Å². The lowest BCUT2D eigenvalue weighted by Gasteiger charge is -2.09. The molecular formula is C15H17F2N3. The van der Waals surface area contributed by atoms with Crippen LogP contribution in [0, 0.1) is 11.6 Å². The van der Waals surface area contributed by atoms with Crippen molar-refractivity contribution in [3.05, 3.63) is 41.7 Å². The largest absolute Gasteiger partial charge is 0.370 e. The number of nitrogens with zero attached hydrogens (tertiary/aromatic N) is 2. The van der Waals surface area contributed by atoms with Crippen LogP contribution in [0.5, 0.6) is 0 Å². The van der Waals surface area contributed by atoms with Gasteiger partial charge in [-0.3, -0.25) is 0 Å². The summed E-state index contributed by atoms with van der Waals surface area (Å²) >= 11 is 0. The SMILES string of the molecule is CCCNc1cc(-c2ccc(F)c(F)c2)nc(CC)n1. The van der Waals surface area contributed by atoms with E-state index in [4.69, 9.17) is 0 Å². The van der Waals surface area contributed by atoms with Crippen molar-refractivity contribution in [1.29, 1.82) is 0 Å². The first-order chi connectivity index (χ1) is 9.63. The number of benzene rings is 1. The Morgan fingerprint density at radius 3 is 2.50 bits per heavy atom. The van der Waals surface area contributed by atoms with Gasteiger partial charge in [0.2, 0.25) is 0 Å². The summed E-state index contributed by atoms with van der Waals surface area (Å²) in [7, 11) is 0. The molecule has 1 aromatic heterocycles. The van der Waals surface area contributed by atoms with Gasteiger partial charge in [-0.05, 0) is 24.6 Å². The molecule has 0 aliphatic carbocycles. The van der Waals surface area contributed by atoms with Crippen LogP contribution in [-0.4, -0.2) is 16.5 Å². The molecular weight excluding hydrogens is 260 g/mol. The zero-order valence-corrected chi connectivity index (χ0v) is 11.6. The molecule has 0 fully saturated rings. The lowest BCUT2D eigenvalue weighted by molar-refractivity contribution is 0.509. The minimum Gasteiger partial charge on any atom is -0.370 e. The Hall–Kier alpha value is -2.04. The molecule has 0 atom stereocenters. The Balaban J connectivity index is 2.41. The molecule has 106 valence electrons. The minimum atomic E-state index is -0.873. The number of nitrogens with one attached hydrogen (secondary N) is 1. The molecule has 1 heterocycles. The third-order valence-electron chi connectivity index (χ3n) is 2.86. The van der Waals surface area contributed by atoms with E-state index in [-0.39, 0.29) is 0 Å². The van der Waals surface area contributed by atoms with Crippen molar-refractivity contribution in [2.45, 2.75) is 26.7 Å². The predicted octanol–water partition coefficient (Wildman–Crippen LogP) is 3.81. The van der Waals surface area contributed by atoms with Crippen LogP contribution in [0.4, 0.5) is 14.6 Å². The number of aryl methyl sites for hydroxylation is 1. The van der Waals surface area contributed by atoms with E-state index in [2.05, 4.69) is 22.2 Å². The fraction of sp³-hybridized carbons (Fsp3) is 0.333. The van der Waals surface area contributed by atoms with Crippen LogP contribution in [0.15, 0.2) is 24.3 Å². The van der Waals surface area contributed by atoms with E-state index >= 15 is 0 Å². The molecule has 0 amide bonds. The highest BCUT2D eigenvalue weighted by Crippen LogP contribution is 2.22. The van der Waals surface area contributed by atoms with Crippen LogP contribution in [-0.2, 0) is 6.42 Å². The van der Waals surface area contributed by atoms with Crippen LogP contribution < -0.4 is 5.32 Å². The maximum Gasteiger partial charge on any atom is 0.159 e. The lowest BCUT2D eigenvalue weighted by atomic mass is 10.1. The first-order valence-electron chi connectivity index (χ1n) is 6.71. The van der Waals surface area contributed by atoms with Crippen molar-refractivity contribution < 1.29 is 8.78 Å². The normalized spacial score (nSPS) is 10.6. The fourth-order valence-electron chi connectivity index (χ4n) is 1.80. The third-order valence-corrected chi connectivity index (χ3v) is 2.86. The second kappa shape index (κ2) is 6.41. The van der Waals surface area contributed by atoms with E-state index in [1.54, 1.807) is 6.07 Å². The van der Waals surface area contributed by atoms with Crippen LogP contribution in [0.2, 0.25) is 0 Å². The standard InChI is InChI=1S/C15H17F2N3/c1-3-7-18-15-9-13(19-14(4-2)20-15)10-5-6-11(16)12(17)8-10/h5-6,8-9H,3-4,7H2,1-2H3,(H,18,19,20). The van der Waals surface area contributed by atoms with E-state index in [0.29, 0.717) is 29.3 Å². The molecule has 0 aliphatic rings. The quantitative estimate of drug-likeness (QED) is 0.903. The van der Waals surface area contributed by atoms with E-state index in [0.717, 1.165) is 25.1 Å². The van der Waals surface area contributed by atoms with E-state index in [9.17, 15) is 8.78 Å². The maximum atomic E-state index is 13.3. The van der Waals surface area contributed by atoms with Crippen LogP contribution in [0.25, 0.3) is 11.3 Å². The summed E-state index contributed by atoms with van der Waals surface area (Å²) in [6, 6.07) is 5.53. The summed E-state index contributed by atoms with van der Waals surface area (Å²) in [5.41, 5.74) is 1.13. The monoisotopic (exact) mass is 277 g/mol. The summed E-state index contributed by atoms with van der Waals surface area (Å²) in [5, 5.41) is 3.19. The van der Waals surface area contributed by atoms with Gasteiger partial charge in [-0.1, -0.05) is 13.8 Å². The van der Waals surface area contributed by atoms with Crippen molar-refractivity contribution in [3.63, 3.8) is 0 Å². The highest BCUT2D eigenvalue weighted by Gasteiger charge is 2.09. The lowest BCUT2D eigenvalue weighted by Crippen LogP contribution is -2.05. The summed E-state index contributed by atoms with van der Waals surface area (Å²) < 4.78 is 26.3. The summed E-state index contributed by atoms with van der Waals surface area (Å²) in [4.78, 5) is 8.73. The summed E-state index contributed by atoms with van der Waals surface area (Å²) in [6.45, 7) is 4.82. The Kier molecular flexibility index (Phi) is 4.61. The van der Waals surface area contributed by atoms with E-state index < -0.39 is 11.6 Å². The van der Waals surface area contributed by atoms with Crippen molar-refractivity contribution in [2.75, 3.05) is 11.9 Å². The number of hydrogen-bond donors (Lipinski definition) is 1. The van der Waals surface area contributed by atoms with Gasteiger partial charge in [-0.15, -0.1) is 0 Å². The average molecular weight is 277 g/mol. The second-order valence-electron chi connectivity index (χ2n) is 4.46. The number of rotatable bonds is 5. The molecule has 5 heteroatoms. The second-order valence-corrected chi connectivity index (χ2v) is 4.46. The molecule has 0 bridgehead atoms. The van der Waals surface area contributed by atoms with Crippen molar-refractivity contribution in [1.82, 2.24) is 9.97 Å². The van der Waals surface area contributed by atoms with Gasteiger partial charge in [0.1, 0.15) is 11.6 Å². The molecule has 0 saturated carbocycles. The summed E-state index contributed by atoms with van der Waals surface area (Å²) in [5.74, 6) is -0.352. The molecule has 0 saturated heterocycles. The van der Waals surface area contributed by atoms with Gasteiger partial charge < -0.3 is 5.32 Å². The van der Waals surface area contributed by atoms with Gasteiger partial charge in [0.15, 0.2) is 11.6 Å². The molecule has 0 spiro atoms. The molecule has 1 aromatic carbocycles. The van der Waals surface area contributed by atoms with Gasteiger partial charge in [-0.2, -0.15) is 0 Å². The molecule has 0 radical (unpaired) electrons. The number of halogens is 2. The van der Waals surface area contributed by atoms with Crippen molar-refractivity contribution in [2.24, 2.45) is 0 Å². The number of aromatic nitrogens is 2. The highest BCUT2D eigenvalue weighted by atomic mass is 19.2. The van der Waals surface area contributed by atoms with Crippen molar-refractivity contribution >= 4 is 5.82 Å². The number of hydrogen-bond acceptors (Lipinski definition) is 3. The Morgan fingerprint density at radius 2 is 1.85 bits per heavy atom. The van der Waals surface area contributed by atoms with Gasteiger partial charge in [0.05, 0.1) is 5.69 Å². The fourth-order valence-corrected chi connectivity index (χ4v) is 1.80. The smallest absolute Gasteiger partial charge is 0.159 e. The summed E-state index contributed by atoms with van der Waals surface area (Å²) in [6.07, 6.45) is 1.66. The van der Waals surface area contributed by atoms with Crippen LogP contribution >= 0.6 is 0 Å². The van der Waals surface area contributed by atoms with Crippen molar-refractivity contribution in [3.8, 4) is 11.3 Å². The Morgan fingerprint density at radius 1 is 1.05 bits per heavy atom. The minimum absolute atomic E-state index is 0.542. The predicted molar refractivity (Wildman–Crippen MR) is 75.5 cm³/mol. The van der Waals surface area contributed by atoms with E-state index in [1.807, 2.05) is 6.92 Å². The maximum absolute atomic E-state index is 13.3. The zero-order chi connectivity index (χ0) is 14.5. The van der Waals surface area contributed by atoms with Gasteiger partial charge in [0.25, 0.3) is 0 Å². The average Bonchev–Trinajstić information content (AvgIpc) is 2.47. The molecule has 20 heavy (non-hydrogen) atoms. The first kappa shape index (κ1) is 14.4. The third kappa shape index (κ3) is 3.29. The first-order valence-corrected chi connectivity index (χ1v) is 6.71. The molecule has 3 nitrogen and oxygen atoms in total. The topological polar surface area (TPSA) is 37.8 Å². The zero-order valence-electron chi connectivity index (χ0n) is 11.6. The molecule has 2 rings (SSSR count). The highest BCUT2D eigenvalue weighted by molar-refractivity contribution is 5.62. The van der Waals surface area contributed by atoms with Crippen LogP contribution in [0.1, 0.15) is 26.1 Å². The van der Waals surface area contributed by atoms with Gasteiger partial charge >= 0.3 is 0 Å². The van der Waals surface area contributed by atoms with Gasteiger partial charge in [-0.25, -0.2) is 18.7 Å². The molecule has 1 N–H and O–H groups in total. The molecule has 0 aliphatic heterocycles.